The fraction of sp³-hybridized carbons (Fsp3) is 0.364. The highest BCUT2D eigenvalue weighted by Gasteiger charge is 2.26. The molecule has 1 amide bonds. The Bertz CT molecular complexity index is 1040. The van der Waals surface area contributed by atoms with E-state index in [-0.39, 0.29) is 24.3 Å². The number of hydrogen-bond donors (Lipinski definition) is 2. The lowest BCUT2D eigenvalue weighted by atomic mass is 9.92. The number of amides is 1. The Morgan fingerprint density at radius 3 is 2.61 bits per heavy atom. The van der Waals surface area contributed by atoms with E-state index >= 15 is 0 Å². The Morgan fingerprint density at radius 2 is 1.96 bits per heavy atom. The van der Waals surface area contributed by atoms with Crippen LogP contribution in [0.3, 0.4) is 0 Å². The van der Waals surface area contributed by atoms with Crippen LogP contribution in [-0.4, -0.2) is 22.0 Å². The summed E-state index contributed by atoms with van der Waals surface area (Å²) < 4.78 is 15.8. The van der Waals surface area contributed by atoms with Crippen LogP contribution in [0.1, 0.15) is 39.3 Å². The van der Waals surface area contributed by atoms with E-state index in [4.69, 9.17) is 5.73 Å². The number of halogens is 1. The molecule has 0 saturated heterocycles. The van der Waals surface area contributed by atoms with E-state index in [9.17, 15) is 9.18 Å². The fourth-order valence-electron chi connectivity index (χ4n) is 3.08. The lowest BCUT2D eigenvalue weighted by molar-refractivity contribution is -0.123. The monoisotopic (exact) mass is 382 g/mol. The molecule has 1 heterocycles. The van der Waals surface area contributed by atoms with Gasteiger partial charge in [0.25, 0.3) is 0 Å². The zero-order valence-electron chi connectivity index (χ0n) is 17.0. The molecule has 0 bridgehead atoms. The number of fused-ring (bicyclic) bond motifs is 1. The van der Waals surface area contributed by atoms with Crippen molar-refractivity contribution in [3.63, 3.8) is 0 Å². The minimum atomic E-state index is -0.662. The highest BCUT2D eigenvalue weighted by Crippen LogP contribution is 2.31. The molecule has 28 heavy (non-hydrogen) atoms. The number of aromatic nitrogens is 2. The first-order valence-corrected chi connectivity index (χ1v) is 9.44. The van der Waals surface area contributed by atoms with Crippen LogP contribution in [-0.2, 0) is 4.79 Å². The molecule has 3 aromatic rings. The van der Waals surface area contributed by atoms with Crippen molar-refractivity contribution in [3.05, 3.63) is 47.8 Å². The second kappa shape index (κ2) is 7.36. The molecule has 1 aromatic heterocycles. The molecule has 0 fully saturated rings. The number of carbonyl (C=O) groups excluding carboxylic acids is 1. The Labute approximate surface area is 164 Å². The molecular formula is C22H27FN4O. The maximum atomic E-state index is 13.7. The van der Waals surface area contributed by atoms with Gasteiger partial charge in [0.1, 0.15) is 11.6 Å². The maximum Gasteiger partial charge on any atom is 0.231 e. The predicted octanol–water partition coefficient (Wildman–Crippen LogP) is 4.66. The molecule has 0 aliphatic rings. The zero-order valence-corrected chi connectivity index (χ0v) is 17.0. The summed E-state index contributed by atoms with van der Waals surface area (Å²) in [6.45, 7) is 9.95. The van der Waals surface area contributed by atoms with Gasteiger partial charge in [-0.1, -0.05) is 12.1 Å². The smallest absolute Gasteiger partial charge is 0.231 e. The van der Waals surface area contributed by atoms with Crippen molar-refractivity contribution >= 4 is 22.6 Å². The number of nitrogens with one attached hydrogen (secondary N) is 1. The number of benzene rings is 2. The Kier molecular flexibility index (Phi) is 5.26. The molecular weight excluding hydrogens is 355 g/mol. The third-order valence-corrected chi connectivity index (χ3v) is 5.04. The lowest BCUT2D eigenvalue weighted by Crippen LogP contribution is -2.37. The van der Waals surface area contributed by atoms with Crippen LogP contribution in [0.5, 0.6) is 0 Å². The first kappa shape index (κ1) is 20.0. The summed E-state index contributed by atoms with van der Waals surface area (Å²) in [4.78, 5) is 17.2. The molecule has 0 aliphatic heterocycles. The second-order valence-corrected chi connectivity index (χ2v) is 8.10. The van der Waals surface area contributed by atoms with E-state index < -0.39 is 5.41 Å². The van der Waals surface area contributed by atoms with Gasteiger partial charge in [0.15, 0.2) is 0 Å². The summed E-state index contributed by atoms with van der Waals surface area (Å²) in [5, 5.41) is 2.99. The topological polar surface area (TPSA) is 72.9 Å². The summed E-state index contributed by atoms with van der Waals surface area (Å²) in [6.07, 6.45) is 0. The molecule has 5 nitrogen and oxygen atoms in total. The molecule has 3 N–H and O–H groups in total. The maximum absolute atomic E-state index is 13.7. The highest BCUT2D eigenvalue weighted by atomic mass is 19.1. The van der Waals surface area contributed by atoms with Crippen molar-refractivity contribution in [2.24, 2.45) is 11.1 Å². The van der Waals surface area contributed by atoms with Gasteiger partial charge in [-0.3, -0.25) is 4.79 Å². The van der Waals surface area contributed by atoms with Crippen LogP contribution in [0.2, 0.25) is 0 Å². The average molecular weight is 382 g/mol. The van der Waals surface area contributed by atoms with Crippen molar-refractivity contribution in [1.82, 2.24) is 9.55 Å². The zero-order chi connectivity index (χ0) is 20.6. The molecule has 3 rings (SSSR count). The number of rotatable bonds is 5. The molecule has 0 radical (unpaired) electrons. The quantitative estimate of drug-likeness (QED) is 0.674. The Hall–Kier alpha value is -2.73. The van der Waals surface area contributed by atoms with E-state index in [1.807, 2.05) is 39.0 Å². The van der Waals surface area contributed by atoms with Crippen molar-refractivity contribution in [2.75, 3.05) is 11.9 Å². The molecule has 0 unspecified atom stereocenters. The van der Waals surface area contributed by atoms with Gasteiger partial charge in [-0.05, 0) is 58.4 Å². The minimum absolute atomic E-state index is 0.130. The van der Waals surface area contributed by atoms with Gasteiger partial charge in [0, 0.05) is 29.9 Å². The van der Waals surface area contributed by atoms with Gasteiger partial charge >= 0.3 is 0 Å². The normalized spacial score (nSPS) is 12.0. The summed E-state index contributed by atoms with van der Waals surface area (Å²) in [6, 6.07) is 10.6. The third-order valence-electron chi connectivity index (χ3n) is 5.04. The highest BCUT2D eigenvalue weighted by molar-refractivity contribution is 5.96. The summed E-state index contributed by atoms with van der Waals surface area (Å²) in [5.41, 5.74) is 9.07. The van der Waals surface area contributed by atoms with Gasteiger partial charge in [-0.25, -0.2) is 9.37 Å². The summed E-state index contributed by atoms with van der Waals surface area (Å²) in [5.74, 6) is 0.298. The number of imidazole rings is 1. The van der Waals surface area contributed by atoms with E-state index in [2.05, 4.69) is 28.7 Å². The average Bonchev–Trinajstić information content (AvgIpc) is 3.02. The number of nitrogens with two attached hydrogens (primary N) is 1. The number of anilines is 1. The summed E-state index contributed by atoms with van der Waals surface area (Å²) in [7, 11) is 0. The molecule has 0 aliphatic carbocycles. The molecule has 0 spiro atoms. The van der Waals surface area contributed by atoms with E-state index in [1.165, 1.54) is 12.1 Å². The van der Waals surface area contributed by atoms with Crippen LogP contribution < -0.4 is 11.1 Å². The van der Waals surface area contributed by atoms with E-state index in [0.29, 0.717) is 5.52 Å². The fourth-order valence-corrected chi connectivity index (χ4v) is 3.08. The largest absolute Gasteiger partial charge is 0.329 e. The van der Waals surface area contributed by atoms with Gasteiger partial charge in [0.2, 0.25) is 5.91 Å². The van der Waals surface area contributed by atoms with Crippen LogP contribution in [0.4, 0.5) is 10.1 Å². The summed E-state index contributed by atoms with van der Waals surface area (Å²) >= 11 is 0. The van der Waals surface area contributed by atoms with Crippen LogP contribution in [0.25, 0.3) is 22.4 Å². The Balaban J connectivity index is 2.10. The number of carbonyl (C=O) groups is 1. The predicted molar refractivity (Wildman–Crippen MR) is 112 cm³/mol. The molecule has 0 saturated carbocycles. The second-order valence-electron chi connectivity index (χ2n) is 8.10. The van der Waals surface area contributed by atoms with Crippen LogP contribution in [0.15, 0.2) is 36.4 Å². The Morgan fingerprint density at radius 1 is 1.25 bits per heavy atom. The van der Waals surface area contributed by atoms with Crippen molar-refractivity contribution in [3.8, 4) is 11.4 Å². The standard InChI is InChI=1S/C22H27FN4O/c1-13(2)27-19-9-8-16(23)11-18(19)25-20(27)15-7-6-14(3)17(10-15)26-21(28)22(4,5)12-24/h6-11,13H,12,24H2,1-5H3,(H,26,28). The van der Waals surface area contributed by atoms with Crippen molar-refractivity contribution in [1.29, 1.82) is 0 Å². The lowest BCUT2D eigenvalue weighted by Gasteiger charge is -2.22. The molecule has 0 atom stereocenters. The SMILES string of the molecule is Cc1ccc(-c2nc3cc(F)ccc3n2C(C)C)cc1NC(=O)C(C)(C)CN. The molecule has 2 aromatic carbocycles. The van der Waals surface area contributed by atoms with Crippen molar-refractivity contribution in [2.45, 2.75) is 40.7 Å². The van der Waals surface area contributed by atoms with Crippen LogP contribution >= 0.6 is 0 Å². The van der Waals surface area contributed by atoms with E-state index in [1.54, 1.807) is 6.07 Å². The van der Waals surface area contributed by atoms with Gasteiger partial charge in [-0.15, -0.1) is 0 Å². The van der Waals surface area contributed by atoms with Gasteiger partial charge in [0.05, 0.1) is 16.4 Å². The minimum Gasteiger partial charge on any atom is -0.329 e. The number of nitrogens with zero attached hydrogens (tertiary/aromatic N) is 2. The molecule has 6 heteroatoms. The third kappa shape index (κ3) is 3.64. The van der Waals surface area contributed by atoms with Gasteiger partial charge in [-0.2, -0.15) is 0 Å². The van der Waals surface area contributed by atoms with Crippen LogP contribution in [0, 0.1) is 18.2 Å². The first-order chi connectivity index (χ1) is 13.1. The molecule has 148 valence electrons. The number of aryl methyl sites for hydroxylation is 1. The van der Waals surface area contributed by atoms with Crippen molar-refractivity contribution < 1.29 is 9.18 Å². The van der Waals surface area contributed by atoms with E-state index in [0.717, 1.165) is 28.2 Å². The first-order valence-electron chi connectivity index (χ1n) is 9.44. The van der Waals surface area contributed by atoms with Gasteiger partial charge < -0.3 is 15.6 Å². The number of hydrogen-bond acceptors (Lipinski definition) is 3.